The Kier molecular flexibility index (Phi) is 3.89. The van der Waals surface area contributed by atoms with Crippen LogP contribution >= 0.6 is 0 Å². The second kappa shape index (κ2) is 5.32. The molecule has 1 aromatic rings. The standard InChI is InChI=1S/C13H16F3N3O/c1-19-6-2-3-11(19)9-5-4-8(13(14,15)16)7-10(9)18-12(17)20/h4-5,7,11H,2-3,6H2,1H3,(H3,17,18,20)/t11-/m0/s1. The summed E-state index contributed by atoms with van der Waals surface area (Å²) in [6, 6.07) is 2.52. The Morgan fingerprint density at radius 3 is 2.65 bits per heavy atom. The van der Waals surface area contributed by atoms with E-state index in [4.69, 9.17) is 5.73 Å². The van der Waals surface area contributed by atoms with Crippen LogP contribution in [-0.2, 0) is 6.18 Å². The van der Waals surface area contributed by atoms with Gasteiger partial charge in [-0.05, 0) is 44.1 Å². The summed E-state index contributed by atoms with van der Waals surface area (Å²) in [7, 11) is 1.91. The molecule has 7 heteroatoms. The van der Waals surface area contributed by atoms with E-state index in [0.717, 1.165) is 31.5 Å². The lowest BCUT2D eigenvalue weighted by molar-refractivity contribution is -0.137. The molecule has 1 saturated heterocycles. The number of benzene rings is 1. The number of amides is 2. The number of carbonyl (C=O) groups excluding carboxylic acids is 1. The molecule has 1 fully saturated rings. The zero-order valence-electron chi connectivity index (χ0n) is 11.0. The summed E-state index contributed by atoms with van der Waals surface area (Å²) in [5.41, 5.74) is 5.03. The first kappa shape index (κ1) is 14.6. The van der Waals surface area contributed by atoms with Gasteiger partial charge in [-0.15, -0.1) is 0 Å². The number of urea groups is 1. The van der Waals surface area contributed by atoms with Crippen molar-refractivity contribution >= 4 is 11.7 Å². The third kappa shape index (κ3) is 3.04. The number of hydrogen-bond acceptors (Lipinski definition) is 2. The number of hydrogen-bond donors (Lipinski definition) is 2. The minimum absolute atomic E-state index is 0.000802. The van der Waals surface area contributed by atoms with E-state index in [9.17, 15) is 18.0 Å². The van der Waals surface area contributed by atoms with Crippen molar-refractivity contribution in [1.82, 2.24) is 4.90 Å². The molecule has 1 aliphatic rings. The minimum atomic E-state index is -4.45. The molecular formula is C13H16F3N3O. The lowest BCUT2D eigenvalue weighted by atomic mass is 10.00. The van der Waals surface area contributed by atoms with Gasteiger partial charge in [-0.2, -0.15) is 13.2 Å². The quantitative estimate of drug-likeness (QED) is 0.878. The van der Waals surface area contributed by atoms with Crippen molar-refractivity contribution in [2.24, 2.45) is 5.73 Å². The van der Waals surface area contributed by atoms with Crippen molar-refractivity contribution in [3.05, 3.63) is 29.3 Å². The molecule has 0 radical (unpaired) electrons. The highest BCUT2D eigenvalue weighted by Gasteiger charge is 2.33. The monoisotopic (exact) mass is 287 g/mol. The molecule has 0 saturated carbocycles. The normalized spacial score (nSPS) is 20.1. The summed E-state index contributed by atoms with van der Waals surface area (Å²) >= 11 is 0. The van der Waals surface area contributed by atoms with E-state index in [1.165, 1.54) is 6.07 Å². The predicted molar refractivity (Wildman–Crippen MR) is 69.3 cm³/mol. The van der Waals surface area contributed by atoms with Gasteiger partial charge in [0.25, 0.3) is 0 Å². The molecule has 2 amide bonds. The molecule has 1 aliphatic heterocycles. The summed E-state index contributed by atoms with van der Waals surface area (Å²) in [4.78, 5) is 13.0. The SMILES string of the molecule is CN1CCC[C@H]1c1ccc(C(F)(F)F)cc1NC(N)=O. The number of primary amides is 1. The maximum absolute atomic E-state index is 12.7. The van der Waals surface area contributed by atoms with Crippen LogP contribution in [0.3, 0.4) is 0 Å². The molecule has 3 N–H and O–H groups in total. The summed E-state index contributed by atoms with van der Waals surface area (Å²) < 4.78 is 38.2. The number of anilines is 1. The third-order valence-corrected chi connectivity index (χ3v) is 3.52. The van der Waals surface area contributed by atoms with Crippen LogP contribution in [0, 0.1) is 0 Å². The van der Waals surface area contributed by atoms with Crippen molar-refractivity contribution in [3.8, 4) is 0 Å². The Morgan fingerprint density at radius 1 is 1.45 bits per heavy atom. The first-order valence-electron chi connectivity index (χ1n) is 6.27. The van der Waals surface area contributed by atoms with Crippen LogP contribution in [0.1, 0.15) is 30.0 Å². The van der Waals surface area contributed by atoms with Gasteiger partial charge < -0.3 is 11.1 Å². The number of alkyl halides is 3. The van der Waals surface area contributed by atoms with E-state index < -0.39 is 17.8 Å². The van der Waals surface area contributed by atoms with Crippen molar-refractivity contribution in [1.29, 1.82) is 0 Å². The summed E-state index contributed by atoms with van der Waals surface area (Å²) in [6.07, 6.45) is -2.64. The topological polar surface area (TPSA) is 58.4 Å². The molecule has 0 unspecified atom stereocenters. The lowest BCUT2D eigenvalue weighted by Crippen LogP contribution is -2.24. The van der Waals surface area contributed by atoms with Gasteiger partial charge in [0.05, 0.1) is 5.56 Å². The van der Waals surface area contributed by atoms with Crippen LogP contribution in [0.5, 0.6) is 0 Å². The van der Waals surface area contributed by atoms with Crippen LogP contribution in [-0.4, -0.2) is 24.5 Å². The highest BCUT2D eigenvalue weighted by molar-refractivity contribution is 5.89. The molecule has 4 nitrogen and oxygen atoms in total. The maximum atomic E-state index is 12.7. The average molecular weight is 287 g/mol. The molecule has 0 spiro atoms. The first-order valence-corrected chi connectivity index (χ1v) is 6.27. The largest absolute Gasteiger partial charge is 0.416 e. The van der Waals surface area contributed by atoms with Gasteiger partial charge >= 0.3 is 12.2 Å². The number of halogens is 3. The van der Waals surface area contributed by atoms with Gasteiger partial charge in [0, 0.05) is 11.7 Å². The second-order valence-electron chi connectivity index (χ2n) is 4.93. The van der Waals surface area contributed by atoms with Gasteiger partial charge in [-0.25, -0.2) is 4.79 Å². The van der Waals surface area contributed by atoms with Crippen molar-refractivity contribution < 1.29 is 18.0 Å². The number of rotatable bonds is 2. The fourth-order valence-corrected chi connectivity index (χ4v) is 2.57. The smallest absolute Gasteiger partial charge is 0.351 e. The number of likely N-dealkylation sites (tertiary alicyclic amines) is 1. The molecule has 110 valence electrons. The van der Waals surface area contributed by atoms with E-state index in [2.05, 4.69) is 10.2 Å². The van der Waals surface area contributed by atoms with Crippen molar-refractivity contribution in [2.75, 3.05) is 18.9 Å². The van der Waals surface area contributed by atoms with Crippen LogP contribution in [0.2, 0.25) is 0 Å². The molecule has 0 aliphatic carbocycles. The molecule has 1 aromatic carbocycles. The summed E-state index contributed by atoms with van der Waals surface area (Å²) in [5.74, 6) is 0. The van der Waals surface area contributed by atoms with Gasteiger partial charge in [0.15, 0.2) is 0 Å². The molecule has 20 heavy (non-hydrogen) atoms. The average Bonchev–Trinajstić information content (AvgIpc) is 2.73. The molecule has 0 aromatic heterocycles. The zero-order chi connectivity index (χ0) is 14.9. The molecule has 1 atom stereocenters. The summed E-state index contributed by atoms with van der Waals surface area (Å²) in [5, 5.41) is 2.30. The third-order valence-electron chi connectivity index (χ3n) is 3.52. The Bertz CT molecular complexity index is 516. The second-order valence-corrected chi connectivity index (χ2v) is 4.93. The van der Waals surface area contributed by atoms with E-state index in [1.807, 2.05) is 7.05 Å². The van der Waals surface area contributed by atoms with Crippen molar-refractivity contribution in [3.63, 3.8) is 0 Å². The van der Waals surface area contributed by atoms with Gasteiger partial charge in [-0.1, -0.05) is 6.07 Å². The van der Waals surface area contributed by atoms with Crippen LogP contribution in [0.25, 0.3) is 0 Å². The zero-order valence-corrected chi connectivity index (χ0v) is 11.0. The Labute approximate surface area is 114 Å². The van der Waals surface area contributed by atoms with E-state index >= 15 is 0 Å². The number of carbonyl (C=O) groups is 1. The van der Waals surface area contributed by atoms with Crippen molar-refractivity contribution in [2.45, 2.75) is 25.1 Å². The van der Waals surface area contributed by atoms with Gasteiger partial charge in [-0.3, -0.25) is 4.90 Å². The Morgan fingerprint density at radius 2 is 2.15 bits per heavy atom. The molecule has 0 bridgehead atoms. The minimum Gasteiger partial charge on any atom is -0.351 e. The Hall–Kier alpha value is -1.76. The molecule has 2 rings (SSSR count). The van der Waals surface area contributed by atoms with Crippen LogP contribution in [0.4, 0.5) is 23.7 Å². The van der Waals surface area contributed by atoms with E-state index in [0.29, 0.717) is 5.56 Å². The highest BCUT2D eigenvalue weighted by Crippen LogP contribution is 2.38. The predicted octanol–water partition coefficient (Wildman–Crippen LogP) is 2.96. The highest BCUT2D eigenvalue weighted by atomic mass is 19.4. The fourth-order valence-electron chi connectivity index (χ4n) is 2.57. The van der Waals surface area contributed by atoms with E-state index in [-0.39, 0.29) is 11.7 Å². The van der Waals surface area contributed by atoms with Crippen LogP contribution in [0.15, 0.2) is 18.2 Å². The van der Waals surface area contributed by atoms with Gasteiger partial charge in [0.1, 0.15) is 0 Å². The number of nitrogens with zero attached hydrogens (tertiary/aromatic N) is 1. The first-order chi connectivity index (χ1) is 9.29. The maximum Gasteiger partial charge on any atom is 0.416 e. The number of nitrogens with one attached hydrogen (secondary N) is 1. The summed E-state index contributed by atoms with van der Waals surface area (Å²) in [6.45, 7) is 0.877. The molecule has 1 heterocycles. The molecular weight excluding hydrogens is 271 g/mol. The van der Waals surface area contributed by atoms with Crippen LogP contribution < -0.4 is 11.1 Å². The number of nitrogens with two attached hydrogens (primary N) is 1. The Balaban J connectivity index is 2.42. The van der Waals surface area contributed by atoms with E-state index in [1.54, 1.807) is 0 Å². The van der Waals surface area contributed by atoms with Gasteiger partial charge in [0.2, 0.25) is 0 Å². The fraction of sp³-hybridized carbons (Fsp3) is 0.462. The lowest BCUT2D eigenvalue weighted by Gasteiger charge is -2.23.